The van der Waals surface area contributed by atoms with Crippen LogP contribution in [0.3, 0.4) is 0 Å². The monoisotopic (exact) mass is 129 g/mol. The number of hydrogen-bond donors (Lipinski definition) is 2. The van der Waals surface area contributed by atoms with Crippen molar-refractivity contribution in [3.8, 4) is 0 Å². The highest BCUT2D eigenvalue weighted by atomic mass is 16.3. The summed E-state index contributed by atoms with van der Waals surface area (Å²) in [6, 6.07) is 0. The van der Waals surface area contributed by atoms with E-state index in [1.807, 2.05) is 6.92 Å². The second-order valence-corrected chi connectivity index (χ2v) is 2.76. The molecule has 1 aliphatic heterocycles. The van der Waals surface area contributed by atoms with Gasteiger partial charge in [-0.15, -0.1) is 0 Å². The summed E-state index contributed by atoms with van der Waals surface area (Å²) in [4.78, 5) is 10.4. The smallest absolute Gasteiger partial charge is 0.222 e. The van der Waals surface area contributed by atoms with E-state index in [0.29, 0.717) is 12.8 Å². The Kier molecular flexibility index (Phi) is 1.45. The molecule has 1 saturated heterocycles. The van der Waals surface area contributed by atoms with E-state index in [9.17, 15) is 4.79 Å². The van der Waals surface area contributed by atoms with Gasteiger partial charge in [0.2, 0.25) is 5.91 Å². The molecule has 3 heteroatoms. The largest absolute Gasteiger partial charge is 0.396 e. The van der Waals surface area contributed by atoms with Crippen LogP contribution in [0.1, 0.15) is 19.8 Å². The Morgan fingerprint density at radius 3 is 2.78 bits per heavy atom. The van der Waals surface area contributed by atoms with Crippen molar-refractivity contribution in [3.63, 3.8) is 0 Å². The molecule has 1 aliphatic rings. The molecule has 1 amide bonds. The lowest BCUT2D eigenvalue weighted by atomic mass is 9.86. The first kappa shape index (κ1) is 6.55. The number of aliphatic hydroxyl groups excluding tert-OH is 1. The van der Waals surface area contributed by atoms with E-state index in [0.717, 1.165) is 0 Å². The fraction of sp³-hybridized carbons (Fsp3) is 0.833. The molecule has 1 rings (SSSR count). The van der Waals surface area contributed by atoms with Crippen molar-refractivity contribution in [2.75, 3.05) is 6.61 Å². The Bertz CT molecular complexity index is 125. The molecular weight excluding hydrogens is 118 g/mol. The molecule has 1 heterocycles. The lowest BCUT2D eigenvalue weighted by Gasteiger charge is -2.38. The summed E-state index contributed by atoms with van der Waals surface area (Å²) >= 11 is 0. The minimum absolute atomic E-state index is 0.0888. The molecule has 0 aromatic rings. The summed E-state index contributed by atoms with van der Waals surface area (Å²) < 4.78 is 0. The summed E-state index contributed by atoms with van der Waals surface area (Å²) in [5.41, 5.74) is -0.105. The SMILES string of the molecule is CC1(CCO)CC(=O)N1. The fourth-order valence-corrected chi connectivity index (χ4v) is 1.07. The molecule has 1 atom stereocenters. The third-order valence-electron chi connectivity index (χ3n) is 1.66. The first-order valence-corrected chi connectivity index (χ1v) is 3.08. The van der Waals surface area contributed by atoms with E-state index in [4.69, 9.17) is 5.11 Å². The molecule has 0 radical (unpaired) electrons. The van der Waals surface area contributed by atoms with Gasteiger partial charge in [-0.25, -0.2) is 0 Å². The Hall–Kier alpha value is -0.570. The molecule has 9 heavy (non-hydrogen) atoms. The van der Waals surface area contributed by atoms with Crippen LogP contribution in [0.4, 0.5) is 0 Å². The van der Waals surface area contributed by atoms with E-state index in [1.165, 1.54) is 0 Å². The van der Waals surface area contributed by atoms with Crippen molar-refractivity contribution in [3.05, 3.63) is 0 Å². The van der Waals surface area contributed by atoms with Crippen LogP contribution in [0.25, 0.3) is 0 Å². The highest BCUT2D eigenvalue weighted by molar-refractivity contribution is 5.84. The number of rotatable bonds is 2. The van der Waals surface area contributed by atoms with Crippen LogP contribution in [0.2, 0.25) is 0 Å². The second-order valence-electron chi connectivity index (χ2n) is 2.76. The zero-order valence-electron chi connectivity index (χ0n) is 5.48. The van der Waals surface area contributed by atoms with E-state index in [-0.39, 0.29) is 18.1 Å². The van der Waals surface area contributed by atoms with Crippen molar-refractivity contribution in [1.82, 2.24) is 5.32 Å². The van der Waals surface area contributed by atoms with Gasteiger partial charge in [0.1, 0.15) is 0 Å². The Morgan fingerprint density at radius 1 is 1.89 bits per heavy atom. The maximum atomic E-state index is 10.4. The molecule has 0 spiro atoms. The van der Waals surface area contributed by atoms with Crippen molar-refractivity contribution < 1.29 is 9.90 Å². The van der Waals surface area contributed by atoms with E-state index in [1.54, 1.807) is 0 Å². The topological polar surface area (TPSA) is 49.3 Å². The molecular formula is C6H11NO2. The molecule has 0 aliphatic carbocycles. The molecule has 1 unspecified atom stereocenters. The number of amides is 1. The summed E-state index contributed by atoms with van der Waals surface area (Å²) in [6.45, 7) is 2.08. The third kappa shape index (κ3) is 1.21. The van der Waals surface area contributed by atoms with Crippen molar-refractivity contribution in [2.45, 2.75) is 25.3 Å². The number of β-lactam (4-membered cyclic amide) rings is 1. The minimum Gasteiger partial charge on any atom is -0.396 e. The van der Waals surface area contributed by atoms with Gasteiger partial charge in [-0.3, -0.25) is 4.79 Å². The quantitative estimate of drug-likeness (QED) is 0.500. The van der Waals surface area contributed by atoms with Crippen LogP contribution in [0.5, 0.6) is 0 Å². The van der Waals surface area contributed by atoms with E-state index < -0.39 is 0 Å². The van der Waals surface area contributed by atoms with Gasteiger partial charge >= 0.3 is 0 Å². The van der Waals surface area contributed by atoms with Crippen molar-refractivity contribution in [2.24, 2.45) is 0 Å². The van der Waals surface area contributed by atoms with Crippen LogP contribution >= 0.6 is 0 Å². The maximum absolute atomic E-state index is 10.4. The van der Waals surface area contributed by atoms with Crippen LogP contribution < -0.4 is 5.32 Å². The summed E-state index contributed by atoms with van der Waals surface area (Å²) in [6.07, 6.45) is 1.23. The van der Waals surface area contributed by atoms with Crippen LogP contribution in [0, 0.1) is 0 Å². The molecule has 1 fully saturated rings. The minimum atomic E-state index is -0.105. The molecule has 3 nitrogen and oxygen atoms in total. The molecule has 0 bridgehead atoms. The second kappa shape index (κ2) is 1.99. The lowest BCUT2D eigenvalue weighted by Crippen LogP contribution is -2.59. The zero-order valence-corrected chi connectivity index (χ0v) is 5.48. The fourth-order valence-electron chi connectivity index (χ4n) is 1.07. The molecule has 0 aromatic carbocycles. The average Bonchev–Trinajstić information content (AvgIpc) is 1.62. The van der Waals surface area contributed by atoms with E-state index in [2.05, 4.69) is 5.32 Å². The van der Waals surface area contributed by atoms with Gasteiger partial charge in [0.15, 0.2) is 0 Å². The summed E-state index contributed by atoms with van der Waals surface area (Å²) in [5.74, 6) is 0.0888. The molecule has 0 saturated carbocycles. The lowest BCUT2D eigenvalue weighted by molar-refractivity contribution is -0.132. The maximum Gasteiger partial charge on any atom is 0.222 e. The number of carbonyl (C=O) groups excluding carboxylic acids is 1. The van der Waals surface area contributed by atoms with Gasteiger partial charge < -0.3 is 10.4 Å². The first-order valence-electron chi connectivity index (χ1n) is 3.08. The number of nitrogens with one attached hydrogen (secondary N) is 1. The molecule has 0 aromatic heterocycles. The van der Waals surface area contributed by atoms with Crippen molar-refractivity contribution in [1.29, 1.82) is 0 Å². The van der Waals surface area contributed by atoms with Crippen LogP contribution in [0.15, 0.2) is 0 Å². The first-order chi connectivity index (χ1) is 4.16. The van der Waals surface area contributed by atoms with Gasteiger partial charge in [-0.05, 0) is 13.3 Å². The van der Waals surface area contributed by atoms with Gasteiger partial charge in [-0.1, -0.05) is 0 Å². The normalized spacial score (nSPS) is 33.3. The predicted octanol–water partition coefficient (Wildman–Crippen LogP) is -0.353. The van der Waals surface area contributed by atoms with Crippen molar-refractivity contribution >= 4 is 5.91 Å². The van der Waals surface area contributed by atoms with Gasteiger partial charge in [-0.2, -0.15) is 0 Å². The van der Waals surface area contributed by atoms with Gasteiger partial charge in [0, 0.05) is 18.6 Å². The van der Waals surface area contributed by atoms with Gasteiger partial charge in [0.25, 0.3) is 0 Å². The van der Waals surface area contributed by atoms with Gasteiger partial charge in [0.05, 0.1) is 0 Å². The molecule has 52 valence electrons. The summed E-state index contributed by atoms with van der Waals surface area (Å²) in [7, 11) is 0. The molecule has 2 N–H and O–H groups in total. The number of carbonyl (C=O) groups is 1. The highest BCUT2D eigenvalue weighted by Crippen LogP contribution is 2.22. The Morgan fingerprint density at radius 2 is 2.44 bits per heavy atom. The zero-order chi connectivity index (χ0) is 6.91. The highest BCUT2D eigenvalue weighted by Gasteiger charge is 2.37. The van der Waals surface area contributed by atoms with Crippen LogP contribution in [-0.2, 0) is 4.79 Å². The standard InChI is InChI=1S/C6H11NO2/c1-6(2-3-8)4-5(9)7-6/h8H,2-4H2,1H3,(H,7,9). The number of hydrogen-bond acceptors (Lipinski definition) is 2. The number of aliphatic hydroxyl groups is 1. The van der Waals surface area contributed by atoms with Crippen LogP contribution in [-0.4, -0.2) is 23.2 Å². The Labute approximate surface area is 54.1 Å². The van der Waals surface area contributed by atoms with E-state index >= 15 is 0 Å². The summed E-state index contributed by atoms with van der Waals surface area (Å²) in [5, 5.41) is 11.2. The predicted molar refractivity (Wildman–Crippen MR) is 32.9 cm³/mol. The Balaban J connectivity index is 2.31. The third-order valence-corrected chi connectivity index (χ3v) is 1.66. The average molecular weight is 129 g/mol.